The van der Waals surface area contributed by atoms with Gasteiger partial charge in [-0.05, 0) is 31.6 Å². The van der Waals surface area contributed by atoms with Crippen molar-refractivity contribution in [3.8, 4) is 0 Å². The number of aliphatic hydroxyl groups excluding tert-OH is 2. The van der Waals surface area contributed by atoms with E-state index >= 15 is 0 Å². The Morgan fingerprint density at radius 3 is 2.47 bits per heavy atom. The zero-order valence-electron chi connectivity index (χ0n) is 17.5. The maximum Gasteiger partial charge on any atom is 1.00 e. The number of rotatable bonds is 7. The molecule has 0 amide bonds. The van der Waals surface area contributed by atoms with E-state index in [9.17, 15) is 27.8 Å². The summed E-state index contributed by atoms with van der Waals surface area (Å²) in [7, 11) is -4.28. The van der Waals surface area contributed by atoms with Crippen LogP contribution in [0, 0.1) is 5.82 Å². The molecular weight excluding hydrogens is 540 g/mol. The number of ether oxygens (including phenoxy) is 3. The fourth-order valence-corrected chi connectivity index (χ4v) is 5.57. The molecule has 3 rings (SSSR count). The van der Waals surface area contributed by atoms with Crippen molar-refractivity contribution in [1.29, 1.82) is 0 Å². The van der Waals surface area contributed by atoms with Crippen LogP contribution in [0.4, 0.5) is 10.1 Å². The molecule has 0 saturated carbocycles. The molecule has 1 aromatic carbocycles. The van der Waals surface area contributed by atoms with Gasteiger partial charge < -0.3 is 29.1 Å². The molecule has 2 aliphatic rings. The number of carbonyl (C=O) groups is 1. The van der Waals surface area contributed by atoms with E-state index in [1.54, 1.807) is 6.92 Å². The van der Waals surface area contributed by atoms with Crippen LogP contribution in [0.5, 0.6) is 0 Å². The van der Waals surface area contributed by atoms with Crippen molar-refractivity contribution in [2.75, 3.05) is 19.8 Å². The van der Waals surface area contributed by atoms with Gasteiger partial charge in [-0.3, -0.25) is 0 Å². The molecule has 1 saturated heterocycles. The van der Waals surface area contributed by atoms with Gasteiger partial charge in [0.05, 0.1) is 30.6 Å². The Balaban J connectivity index is 0.00000363. The Bertz CT molecular complexity index is 964. The summed E-state index contributed by atoms with van der Waals surface area (Å²) in [5.74, 6) is -2.92. The maximum absolute atomic E-state index is 13.3. The standard InChI is InChI=1S/C19H22BrFNO8S.K/c1-2-28-18(25)12-8-19(29-15(9-23)16(10-24)30-19)6-5-17(12)31(26,27)22-14-4-3-11(21)7-13(14)20;/h3-4,7-8,15-17,23-24H,2,5-6,9-10H2,1H3;/q-1;+1/t15-,16-,17-;/m1./s1. The molecule has 1 aromatic rings. The van der Waals surface area contributed by atoms with E-state index in [2.05, 4.69) is 20.7 Å². The number of carbonyl (C=O) groups excluding carboxylic acids is 1. The van der Waals surface area contributed by atoms with Gasteiger partial charge in [0.2, 0.25) is 0 Å². The first-order chi connectivity index (χ1) is 14.6. The number of aliphatic hydroxyl groups is 2. The van der Waals surface area contributed by atoms with Crippen molar-refractivity contribution in [2.24, 2.45) is 0 Å². The first-order valence-corrected chi connectivity index (χ1v) is 11.8. The molecule has 0 bridgehead atoms. The second-order valence-corrected chi connectivity index (χ2v) is 9.67. The molecule has 0 unspecified atom stereocenters. The van der Waals surface area contributed by atoms with E-state index in [0.717, 1.165) is 12.1 Å². The van der Waals surface area contributed by atoms with Gasteiger partial charge >= 0.3 is 57.4 Å². The minimum atomic E-state index is -4.28. The predicted molar refractivity (Wildman–Crippen MR) is 110 cm³/mol. The van der Waals surface area contributed by atoms with Crippen molar-refractivity contribution >= 4 is 37.6 Å². The Morgan fingerprint density at radius 2 is 1.94 bits per heavy atom. The number of esters is 1. The molecule has 1 fully saturated rings. The smallest absolute Gasteiger partial charge is 0.575 e. The Morgan fingerprint density at radius 1 is 1.31 bits per heavy atom. The molecule has 172 valence electrons. The topological polar surface area (TPSA) is 133 Å². The van der Waals surface area contributed by atoms with Crippen molar-refractivity contribution in [3.05, 3.63) is 44.9 Å². The van der Waals surface area contributed by atoms with E-state index < -0.39 is 58.3 Å². The summed E-state index contributed by atoms with van der Waals surface area (Å²) in [5, 5.41) is 17.6. The molecule has 1 spiro atoms. The molecule has 3 atom stereocenters. The molecule has 2 N–H and O–H groups in total. The van der Waals surface area contributed by atoms with Crippen molar-refractivity contribution in [2.45, 2.75) is 43.0 Å². The number of halogens is 2. The van der Waals surface area contributed by atoms with Crippen LogP contribution in [0.25, 0.3) is 4.72 Å². The minimum absolute atomic E-state index is 0. The Kier molecular flexibility index (Phi) is 10.3. The molecule has 0 aromatic heterocycles. The van der Waals surface area contributed by atoms with Crippen LogP contribution < -0.4 is 51.4 Å². The van der Waals surface area contributed by atoms with Crippen molar-refractivity contribution in [1.82, 2.24) is 0 Å². The fraction of sp³-hybridized carbons (Fsp3) is 0.526. The average molecular weight is 562 g/mol. The monoisotopic (exact) mass is 561 g/mol. The molecular formula is C19H22BrFKNO8S. The quantitative estimate of drug-likeness (QED) is 0.321. The zero-order chi connectivity index (χ0) is 22.8. The van der Waals surface area contributed by atoms with Crippen LogP contribution >= 0.6 is 15.9 Å². The second kappa shape index (κ2) is 11.7. The van der Waals surface area contributed by atoms with Crippen molar-refractivity contribution < 1.29 is 93.4 Å². The second-order valence-electron chi connectivity index (χ2n) is 7.04. The summed E-state index contributed by atoms with van der Waals surface area (Å²) >= 11 is 3.08. The van der Waals surface area contributed by atoms with Gasteiger partial charge in [-0.15, -0.1) is 5.69 Å². The maximum atomic E-state index is 13.3. The van der Waals surface area contributed by atoms with Crippen LogP contribution in [0.1, 0.15) is 19.8 Å². The Labute approximate surface area is 236 Å². The third-order valence-corrected chi connectivity index (χ3v) is 7.25. The van der Waals surface area contributed by atoms with Gasteiger partial charge in [0.25, 0.3) is 0 Å². The largest absolute Gasteiger partial charge is 1.00 e. The summed E-state index contributed by atoms with van der Waals surface area (Å²) in [4.78, 5) is 12.6. The molecule has 1 aliphatic heterocycles. The van der Waals surface area contributed by atoms with Gasteiger partial charge in [-0.25, -0.2) is 17.6 Å². The fourth-order valence-electron chi connectivity index (χ4n) is 3.55. The molecule has 9 nitrogen and oxygen atoms in total. The van der Waals surface area contributed by atoms with E-state index in [1.165, 1.54) is 12.1 Å². The zero-order valence-corrected chi connectivity index (χ0v) is 23.1. The van der Waals surface area contributed by atoms with E-state index in [-0.39, 0.29) is 86.6 Å². The van der Waals surface area contributed by atoms with Crippen LogP contribution in [-0.2, 0) is 29.0 Å². The van der Waals surface area contributed by atoms with Crippen LogP contribution in [0.3, 0.4) is 0 Å². The number of sulfonamides is 1. The normalized spacial score (nSPS) is 24.5. The number of hydrogen-bond acceptors (Lipinski definition) is 8. The molecule has 13 heteroatoms. The molecule has 32 heavy (non-hydrogen) atoms. The van der Waals surface area contributed by atoms with E-state index in [1.807, 2.05) is 0 Å². The summed E-state index contributed by atoms with van der Waals surface area (Å²) in [5.41, 5.74) is -0.232. The predicted octanol–water partition coefficient (Wildman–Crippen LogP) is -0.956. The average Bonchev–Trinajstić information content (AvgIpc) is 3.07. The van der Waals surface area contributed by atoms with Gasteiger partial charge in [-0.1, -0.05) is 22.0 Å². The number of hydrogen-bond donors (Lipinski definition) is 2. The molecule has 0 radical (unpaired) electrons. The SMILES string of the molecule is CCOC(=O)C1=CC2(CC[C@H]1S(=O)(=O)[N-]c1ccc(F)cc1Br)O[C@H](CO)[C@@H](CO)O2.[K+]. The summed E-state index contributed by atoms with van der Waals surface area (Å²) in [6, 6.07) is 3.36. The molecule has 1 aliphatic carbocycles. The summed E-state index contributed by atoms with van der Waals surface area (Å²) in [6.07, 6.45) is -0.502. The molecule has 1 heterocycles. The third kappa shape index (κ3) is 6.19. The van der Waals surface area contributed by atoms with Crippen molar-refractivity contribution in [3.63, 3.8) is 0 Å². The summed E-state index contributed by atoms with van der Waals surface area (Å²) in [6.45, 7) is 0.736. The van der Waals surface area contributed by atoms with Crippen LogP contribution in [0.15, 0.2) is 34.3 Å². The van der Waals surface area contributed by atoms with Crippen LogP contribution in [0.2, 0.25) is 0 Å². The van der Waals surface area contributed by atoms with Gasteiger partial charge in [0.15, 0.2) is 5.79 Å². The Hall–Kier alpha value is 0.0664. The third-order valence-electron chi connectivity index (χ3n) is 4.96. The first-order valence-electron chi connectivity index (χ1n) is 9.54. The number of benzene rings is 1. The van der Waals surface area contributed by atoms with E-state index in [0.29, 0.717) is 0 Å². The van der Waals surface area contributed by atoms with Crippen LogP contribution in [-0.4, -0.2) is 67.7 Å². The van der Waals surface area contributed by atoms with E-state index in [4.69, 9.17) is 14.2 Å². The first kappa shape index (κ1) is 28.3. The van der Waals surface area contributed by atoms with Gasteiger partial charge in [-0.2, -0.15) is 0 Å². The minimum Gasteiger partial charge on any atom is -0.575 e. The number of nitrogens with zero attached hydrogens (tertiary/aromatic N) is 1. The van der Waals surface area contributed by atoms with Gasteiger partial charge in [0.1, 0.15) is 28.0 Å². The summed E-state index contributed by atoms with van der Waals surface area (Å²) < 4.78 is 59.8. The van der Waals surface area contributed by atoms with Gasteiger partial charge in [0, 0.05) is 10.9 Å².